The summed E-state index contributed by atoms with van der Waals surface area (Å²) in [4.78, 5) is 15.3. The molecule has 6 heteroatoms. The van der Waals surface area contributed by atoms with Crippen LogP contribution < -0.4 is 10.9 Å². The van der Waals surface area contributed by atoms with Crippen molar-refractivity contribution in [1.29, 1.82) is 0 Å². The van der Waals surface area contributed by atoms with Crippen molar-refractivity contribution in [3.63, 3.8) is 0 Å². The van der Waals surface area contributed by atoms with Crippen molar-refractivity contribution in [2.45, 2.75) is 44.8 Å². The highest BCUT2D eigenvalue weighted by Gasteiger charge is 2.55. The summed E-state index contributed by atoms with van der Waals surface area (Å²) in [7, 11) is 0. The van der Waals surface area contributed by atoms with Gasteiger partial charge in [-0.05, 0) is 37.0 Å². The summed E-state index contributed by atoms with van der Waals surface area (Å²) in [5, 5.41) is 10.5. The van der Waals surface area contributed by atoms with E-state index >= 15 is 0 Å². The van der Waals surface area contributed by atoms with Crippen molar-refractivity contribution in [3.05, 3.63) is 65.2 Å². The predicted octanol–water partition coefficient (Wildman–Crippen LogP) is 3.10. The lowest BCUT2D eigenvalue weighted by Gasteiger charge is -2.31. The zero-order chi connectivity index (χ0) is 21.1. The molecule has 2 aliphatic heterocycles. The van der Waals surface area contributed by atoms with Crippen LogP contribution in [0.3, 0.4) is 0 Å². The molecule has 4 rings (SSSR count). The second kappa shape index (κ2) is 9.16. The van der Waals surface area contributed by atoms with E-state index in [4.69, 9.17) is 4.74 Å². The van der Waals surface area contributed by atoms with Crippen LogP contribution in [0, 0.1) is 5.92 Å². The SMILES string of the molecule is CCOCCCN1C(=O)C2NNC(c3ccccc3O)C2C1c1ccc(CC)cc1. The number of para-hydroxylation sites is 1. The Kier molecular flexibility index (Phi) is 6.37. The Labute approximate surface area is 178 Å². The molecule has 3 N–H and O–H groups in total. The van der Waals surface area contributed by atoms with E-state index in [0.717, 1.165) is 24.0 Å². The van der Waals surface area contributed by atoms with E-state index in [-0.39, 0.29) is 35.7 Å². The van der Waals surface area contributed by atoms with Crippen molar-refractivity contribution in [1.82, 2.24) is 15.8 Å². The average molecular weight is 410 g/mol. The van der Waals surface area contributed by atoms with Crippen molar-refractivity contribution < 1.29 is 14.6 Å². The first-order valence-corrected chi connectivity index (χ1v) is 10.9. The maximum absolute atomic E-state index is 13.3. The first-order valence-electron chi connectivity index (χ1n) is 10.9. The van der Waals surface area contributed by atoms with Crippen LogP contribution in [0.1, 0.15) is 49.0 Å². The highest BCUT2D eigenvalue weighted by Crippen LogP contribution is 2.48. The Bertz CT molecular complexity index is 870. The number of hydrogen-bond donors (Lipinski definition) is 3. The third kappa shape index (κ3) is 3.83. The summed E-state index contributed by atoms with van der Waals surface area (Å²) in [6, 6.07) is 15.4. The lowest BCUT2D eigenvalue weighted by Crippen LogP contribution is -2.41. The number of likely N-dealkylation sites (tertiary alicyclic amines) is 1. The van der Waals surface area contributed by atoms with Crippen molar-refractivity contribution in [3.8, 4) is 5.75 Å². The number of phenols is 1. The number of ether oxygens (including phenoxy) is 1. The molecule has 2 fully saturated rings. The normalized spacial score (nSPS) is 25.7. The Balaban J connectivity index is 1.68. The van der Waals surface area contributed by atoms with Crippen LogP contribution in [0.15, 0.2) is 48.5 Å². The Morgan fingerprint density at radius 3 is 2.47 bits per heavy atom. The maximum atomic E-state index is 13.3. The molecule has 0 bridgehead atoms. The fourth-order valence-corrected chi connectivity index (χ4v) is 4.80. The number of nitrogens with zero attached hydrogens (tertiary/aromatic N) is 1. The molecule has 0 aromatic heterocycles. The highest BCUT2D eigenvalue weighted by atomic mass is 16.5. The number of hydrogen-bond acceptors (Lipinski definition) is 5. The zero-order valence-electron chi connectivity index (χ0n) is 17.7. The van der Waals surface area contributed by atoms with Gasteiger partial charge in [-0.25, -0.2) is 10.9 Å². The molecule has 0 saturated carbocycles. The monoisotopic (exact) mass is 409 g/mol. The summed E-state index contributed by atoms with van der Waals surface area (Å²) < 4.78 is 5.50. The fourth-order valence-electron chi connectivity index (χ4n) is 4.80. The molecule has 0 aliphatic carbocycles. The van der Waals surface area contributed by atoms with Gasteiger partial charge >= 0.3 is 0 Å². The van der Waals surface area contributed by atoms with Crippen molar-refractivity contribution >= 4 is 5.91 Å². The molecule has 30 heavy (non-hydrogen) atoms. The van der Waals surface area contributed by atoms with Gasteiger partial charge in [-0.2, -0.15) is 0 Å². The second-order valence-corrected chi connectivity index (χ2v) is 8.00. The van der Waals surface area contributed by atoms with E-state index in [2.05, 4.69) is 42.0 Å². The summed E-state index contributed by atoms with van der Waals surface area (Å²) >= 11 is 0. The fraction of sp³-hybridized carbons (Fsp3) is 0.458. The number of aromatic hydroxyl groups is 1. The van der Waals surface area contributed by atoms with Crippen molar-refractivity contribution in [2.24, 2.45) is 5.92 Å². The topological polar surface area (TPSA) is 73.8 Å². The molecule has 4 atom stereocenters. The van der Waals surface area contributed by atoms with Gasteiger partial charge in [0.25, 0.3) is 0 Å². The molecule has 2 aromatic rings. The molecule has 1 amide bonds. The van der Waals surface area contributed by atoms with Gasteiger partial charge < -0.3 is 14.7 Å². The molecule has 2 saturated heterocycles. The molecule has 2 aromatic carbocycles. The summed E-state index contributed by atoms with van der Waals surface area (Å²) in [5.41, 5.74) is 9.73. The van der Waals surface area contributed by atoms with Gasteiger partial charge in [0, 0.05) is 31.2 Å². The smallest absolute Gasteiger partial charge is 0.242 e. The van der Waals surface area contributed by atoms with Gasteiger partial charge in [0.05, 0.1) is 12.1 Å². The lowest BCUT2D eigenvalue weighted by molar-refractivity contribution is -0.131. The molecule has 2 heterocycles. The maximum Gasteiger partial charge on any atom is 0.242 e. The molecule has 0 spiro atoms. The van der Waals surface area contributed by atoms with Gasteiger partial charge in [0.1, 0.15) is 11.8 Å². The van der Waals surface area contributed by atoms with Gasteiger partial charge in [0.2, 0.25) is 5.91 Å². The van der Waals surface area contributed by atoms with E-state index in [9.17, 15) is 9.90 Å². The molecule has 0 radical (unpaired) electrons. The number of phenolic OH excluding ortho intramolecular Hbond substituents is 1. The number of rotatable bonds is 8. The van der Waals surface area contributed by atoms with Crippen LogP contribution in [0.5, 0.6) is 5.75 Å². The van der Waals surface area contributed by atoms with Crippen LogP contribution >= 0.6 is 0 Å². The highest BCUT2D eigenvalue weighted by molar-refractivity contribution is 5.86. The van der Waals surface area contributed by atoms with Gasteiger partial charge in [-0.15, -0.1) is 0 Å². The van der Waals surface area contributed by atoms with E-state index in [1.807, 2.05) is 30.0 Å². The summed E-state index contributed by atoms with van der Waals surface area (Å²) in [5.74, 6) is 0.330. The average Bonchev–Trinajstić information content (AvgIpc) is 3.31. The minimum Gasteiger partial charge on any atom is -0.508 e. The Morgan fingerprint density at radius 2 is 1.77 bits per heavy atom. The third-order valence-corrected chi connectivity index (χ3v) is 6.31. The number of fused-ring (bicyclic) bond motifs is 1. The van der Waals surface area contributed by atoms with E-state index < -0.39 is 0 Å². The first-order chi connectivity index (χ1) is 14.7. The third-order valence-electron chi connectivity index (χ3n) is 6.31. The largest absolute Gasteiger partial charge is 0.508 e. The van der Waals surface area contributed by atoms with Crippen LogP contribution in [0.2, 0.25) is 0 Å². The van der Waals surface area contributed by atoms with Gasteiger partial charge in [-0.3, -0.25) is 4.79 Å². The van der Waals surface area contributed by atoms with Crippen LogP contribution in [0.4, 0.5) is 0 Å². The van der Waals surface area contributed by atoms with Gasteiger partial charge in [-0.1, -0.05) is 49.4 Å². The first kappa shape index (κ1) is 20.8. The molecular weight excluding hydrogens is 378 g/mol. The van der Waals surface area contributed by atoms with Crippen LogP contribution in [-0.2, 0) is 16.0 Å². The molecule has 2 aliphatic rings. The zero-order valence-corrected chi connectivity index (χ0v) is 17.7. The van der Waals surface area contributed by atoms with Gasteiger partial charge in [0.15, 0.2) is 0 Å². The number of carbonyl (C=O) groups excluding carboxylic acids is 1. The molecular formula is C24H31N3O3. The van der Waals surface area contributed by atoms with Crippen molar-refractivity contribution in [2.75, 3.05) is 19.8 Å². The standard InChI is InChI=1S/C24H31N3O3/c1-3-16-10-12-17(13-11-16)23-20-21(18-8-5-6-9-19(18)28)25-26-22(20)24(29)27(23)14-7-15-30-4-2/h5-6,8-13,20-23,25-26,28H,3-4,7,14-15H2,1-2H3. The summed E-state index contributed by atoms with van der Waals surface area (Å²) in [6.45, 7) is 6.11. The quantitative estimate of drug-likeness (QED) is 0.585. The number of aryl methyl sites for hydroxylation is 1. The number of amides is 1. The number of hydrazine groups is 1. The van der Waals surface area contributed by atoms with E-state index in [0.29, 0.717) is 19.8 Å². The number of carbonyl (C=O) groups is 1. The Hall–Kier alpha value is -2.41. The summed E-state index contributed by atoms with van der Waals surface area (Å²) in [6.07, 6.45) is 1.79. The molecule has 6 nitrogen and oxygen atoms in total. The van der Waals surface area contributed by atoms with E-state index in [1.165, 1.54) is 5.56 Å². The van der Waals surface area contributed by atoms with Crippen LogP contribution in [0.25, 0.3) is 0 Å². The number of nitrogens with one attached hydrogen (secondary N) is 2. The van der Waals surface area contributed by atoms with Crippen LogP contribution in [-0.4, -0.2) is 41.7 Å². The minimum atomic E-state index is -0.322. The molecule has 4 unspecified atom stereocenters. The molecule has 160 valence electrons. The second-order valence-electron chi connectivity index (χ2n) is 8.00. The lowest BCUT2D eigenvalue weighted by atomic mass is 9.83. The predicted molar refractivity (Wildman–Crippen MR) is 116 cm³/mol. The number of benzene rings is 2. The Morgan fingerprint density at radius 1 is 1.03 bits per heavy atom. The van der Waals surface area contributed by atoms with E-state index in [1.54, 1.807) is 6.07 Å². The minimum absolute atomic E-state index is 0.0228.